The zero-order valence-corrected chi connectivity index (χ0v) is 13.8. The lowest BCUT2D eigenvalue weighted by molar-refractivity contribution is 0.0994. The van der Waals surface area contributed by atoms with Crippen molar-refractivity contribution in [2.75, 3.05) is 11.9 Å². The van der Waals surface area contributed by atoms with Crippen LogP contribution in [0.15, 0.2) is 41.3 Å². The second-order valence-electron chi connectivity index (χ2n) is 4.17. The van der Waals surface area contributed by atoms with Gasteiger partial charge in [-0.25, -0.2) is 0 Å². The summed E-state index contributed by atoms with van der Waals surface area (Å²) in [6.45, 7) is 6.13. The first-order chi connectivity index (χ1) is 10.1. The molecule has 0 bridgehead atoms. The van der Waals surface area contributed by atoms with E-state index < -0.39 is 0 Å². The van der Waals surface area contributed by atoms with E-state index in [9.17, 15) is 4.79 Å². The van der Waals surface area contributed by atoms with Crippen LogP contribution in [0.25, 0.3) is 0 Å². The second-order valence-corrected chi connectivity index (χ2v) is 7.18. The minimum atomic E-state index is -0.230. The molecule has 7 heteroatoms. The molecule has 0 aliphatic rings. The van der Waals surface area contributed by atoms with E-state index in [1.165, 1.54) is 23.1 Å². The highest BCUT2D eigenvalue weighted by atomic mass is 35.5. The number of ketones is 1. The Morgan fingerprint density at radius 1 is 1.48 bits per heavy atom. The maximum Gasteiger partial charge on any atom is 0.206 e. The topological polar surface area (TPSA) is 54.9 Å². The molecule has 1 aromatic carbocycles. The molecular weight excluding hydrogens is 326 g/mol. The van der Waals surface area contributed by atoms with Gasteiger partial charge in [-0.1, -0.05) is 40.8 Å². The molecule has 1 unspecified atom stereocenters. The second kappa shape index (κ2) is 7.59. The fourth-order valence-electron chi connectivity index (χ4n) is 1.54. The third-order valence-corrected chi connectivity index (χ3v) is 4.90. The monoisotopic (exact) mass is 339 g/mol. The van der Waals surface area contributed by atoms with Crippen molar-refractivity contribution in [1.29, 1.82) is 0 Å². The lowest BCUT2D eigenvalue weighted by Crippen LogP contribution is -2.13. The number of nitrogens with zero attached hydrogens (tertiary/aromatic N) is 2. The quantitative estimate of drug-likeness (QED) is 0.466. The van der Waals surface area contributed by atoms with Gasteiger partial charge in [0.25, 0.3) is 0 Å². The Kier molecular flexibility index (Phi) is 5.78. The van der Waals surface area contributed by atoms with Crippen molar-refractivity contribution in [3.63, 3.8) is 0 Å². The molecule has 21 heavy (non-hydrogen) atoms. The summed E-state index contributed by atoms with van der Waals surface area (Å²) in [5, 5.41) is 12.3. The lowest BCUT2D eigenvalue weighted by Gasteiger charge is -2.07. The molecule has 0 spiro atoms. The Balaban J connectivity index is 1.98. The van der Waals surface area contributed by atoms with Crippen LogP contribution in [-0.4, -0.2) is 27.8 Å². The van der Waals surface area contributed by atoms with Crippen molar-refractivity contribution in [2.45, 2.75) is 16.5 Å². The number of benzene rings is 1. The summed E-state index contributed by atoms with van der Waals surface area (Å²) in [5.41, 5.74) is 0.647. The van der Waals surface area contributed by atoms with Gasteiger partial charge in [-0.3, -0.25) is 4.79 Å². The minimum absolute atomic E-state index is 0.0486. The molecule has 0 aliphatic heterocycles. The number of Topliss-reactive ketones (excluding diaryl/α,β-unsaturated/α-hetero) is 1. The van der Waals surface area contributed by atoms with Crippen LogP contribution in [0, 0.1) is 0 Å². The fraction of sp³-hybridized carbons (Fsp3) is 0.214. The van der Waals surface area contributed by atoms with Crippen molar-refractivity contribution < 1.29 is 4.79 Å². The molecule has 2 rings (SSSR count). The van der Waals surface area contributed by atoms with E-state index in [4.69, 9.17) is 11.6 Å². The first-order valence-electron chi connectivity index (χ1n) is 6.25. The van der Waals surface area contributed by atoms with Gasteiger partial charge in [0.15, 0.2) is 10.1 Å². The SMILES string of the molecule is C=CCNc1nnc(SC(C)C(=O)c2ccc(Cl)cc2)s1. The molecule has 110 valence electrons. The Hall–Kier alpha value is -1.37. The number of carbonyl (C=O) groups excluding carboxylic acids is 1. The molecule has 0 saturated heterocycles. The number of nitrogens with one attached hydrogen (secondary N) is 1. The number of aromatic nitrogens is 2. The highest BCUT2D eigenvalue weighted by molar-refractivity contribution is 8.02. The predicted octanol–water partition coefficient (Wildman–Crippen LogP) is 4.15. The lowest BCUT2D eigenvalue weighted by atomic mass is 10.1. The molecule has 1 heterocycles. The van der Waals surface area contributed by atoms with Crippen LogP contribution >= 0.6 is 34.7 Å². The first kappa shape index (κ1) is 16.0. The molecule has 0 radical (unpaired) electrons. The van der Waals surface area contributed by atoms with E-state index in [2.05, 4.69) is 22.1 Å². The third-order valence-electron chi connectivity index (χ3n) is 2.58. The van der Waals surface area contributed by atoms with Gasteiger partial charge in [0.2, 0.25) is 5.13 Å². The number of hydrogen-bond donors (Lipinski definition) is 1. The molecule has 1 aromatic heterocycles. The van der Waals surface area contributed by atoms with Crippen LogP contribution in [0.4, 0.5) is 5.13 Å². The summed E-state index contributed by atoms with van der Waals surface area (Å²) in [7, 11) is 0. The first-order valence-corrected chi connectivity index (χ1v) is 8.32. The van der Waals surface area contributed by atoms with Crippen LogP contribution in [0.1, 0.15) is 17.3 Å². The van der Waals surface area contributed by atoms with Crippen molar-refractivity contribution in [2.24, 2.45) is 0 Å². The number of carbonyl (C=O) groups is 1. The van der Waals surface area contributed by atoms with Gasteiger partial charge in [0, 0.05) is 17.1 Å². The highest BCUT2D eigenvalue weighted by Gasteiger charge is 2.18. The van der Waals surface area contributed by atoms with Gasteiger partial charge < -0.3 is 5.32 Å². The van der Waals surface area contributed by atoms with E-state index in [0.717, 1.165) is 9.47 Å². The van der Waals surface area contributed by atoms with Gasteiger partial charge in [0.05, 0.1) is 5.25 Å². The third kappa shape index (κ3) is 4.56. The fourth-order valence-corrected chi connectivity index (χ4v) is 3.65. The predicted molar refractivity (Wildman–Crippen MR) is 89.7 cm³/mol. The zero-order chi connectivity index (χ0) is 15.2. The van der Waals surface area contributed by atoms with Gasteiger partial charge >= 0.3 is 0 Å². The number of halogens is 1. The minimum Gasteiger partial charge on any atom is -0.357 e. The molecule has 1 atom stereocenters. The van der Waals surface area contributed by atoms with Crippen LogP contribution in [0.2, 0.25) is 5.02 Å². The summed E-state index contributed by atoms with van der Waals surface area (Å²) in [4.78, 5) is 12.3. The standard InChI is InChI=1S/C14H14ClN3OS2/c1-3-8-16-13-17-18-14(21-13)20-9(2)12(19)10-4-6-11(15)7-5-10/h3-7,9H,1,8H2,2H3,(H,16,17). The average Bonchev–Trinajstić information content (AvgIpc) is 2.92. The van der Waals surface area contributed by atoms with Crippen LogP contribution in [0.5, 0.6) is 0 Å². The average molecular weight is 340 g/mol. The summed E-state index contributed by atoms with van der Waals surface area (Å²) in [5.74, 6) is 0.0486. The number of anilines is 1. The van der Waals surface area contributed by atoms with Crippen LogP contribution in [0.3, 0.4) is 0 Å². The maximum absolute atomic E-state index is 12.3. The van der Waals surface area contributed by atoms with Gasteiger partial charge in [-0.15, -0.1) is 16.8 Å². The smallest absolute Gasteiger partial charge is 0.206 e. The Labute approximate surface area is 136 Å². The summed E-state index contributed by atoms with van der Waals surface area (Å²) >= 11 is 8.65. The number of rotatable bonds is 7. The molecule has 0 aliphatic carbocycles. The van der Waals surface area contributed by atoms with E-state index in [1.807, 2.05) is 6.92 Å². The normalized spacial score (nSPS) is 11.9. The maximum atomic E-state index is 12.3. The highest BCUT2D eigenvalue weighted by Crippen LogP contribution is 2.30. The van der Waals surface area contributed by atoms with Crippen molar-refractivity contribution in [3.05, 3.63) is 47.5 Å². The largest absolute Gasteiger partial charge is 0.357 e. The molecule has 0 saturated carbocycles. The Morgan fingerprint density at radius 3 is 2.86 bits per heavy atom. The van der Waals surface area contributed by atoms with E-state index in [-0.39, 0.29) is 11.0 Å². The van der Waals surface area contributed by atoms with E-state index in [1.54, 1.807) is 30.3 Å². The van der Waals surface area contributed by atoms with Crippen LogP contribution in [-0.2, 0) is 0 Å². The van der Waals surface area contributed by atoms with E-state index in [0.29, 0.717) is 17.1 Å². The molecule has 2 aromatic rings. The summed E-state index contributed by atoms with van der Waals surface area (Å²) in [6, 6.07) is 6.90. The molecule has 4 nitrogen and oxygen atoms in total. The molecule has 1 N–H and O–H groups in total. The van der Waals surface area contributed by atoms with Crippen molar-refractivity contribution >= 4 is 45.6 Å². The van der Waals surface area contributed by atoms with Gasteiger partial charge in [-0.2, -0.15) is 0 Å². The van der Waals surface area contributed by atoms with E-state index >= 15 is 0 Å². The molecular formula is C14H14ClN3OS2. The number of thioether (sulfide) groups is 1. The van der Waals surface area contributed by atoms with Crippen LogP contribution < -0.4 is 5.32 Å². The van der Waals surface area contributed by atoms with Crippen molar-refractivity contribution in [1.82, 2.24) is 10.2 Å². The number of hydrogen-bond acceptors (Lipinski definition) is 6. The Morgan fingerprint density at radius 2 is 2.19 bits per heavy atom. The van der Waals surface area contributed by atoms with Crippen molar-refractivity contribution in [3.8, 4) is 0 Å². The summed E-state index contributed by atoms with van der Waals surface area (Å²) < 4.78 is 0.761. The molecule has 0 amide bonds. The van der Waals surface area contributed by atoms with Gasteiger partial charge in [0.1, 0.15) is 0 Å². The summed E-state index contributed by atoms with van der Waals surface area (Å²) in [6.07, 6.45) is 1.75. The van der Waals surface area contributed by atoms with Gasteiger partial charge in [-0.05, 0) is 31.2 Å². The molecule has 0 fully saturated rings. The Bertz CT molecular complexity index is 627. The zero-order valence-electron chi connectivity index (χ0n) is 11.4.